The first kappa shape index (κ1) is 17.0. The molecular weight excluding hydrogens is 320 g/mol. The molecule has 1 fully saturated rings. The van der Waals surface area contributed by atoms with Crippen LogP contribution in [0.5, 0.6) is 5.75 Å². The Labute approximate surface area is 145 Å². The van der Waals surface area contributed by atoms with E-state index in [1.165, 1.54) is 6.07 Å². The Morgan fingerprint density at radius 2 is 2.16 bits per heavy atom. The summed E-state index contributed by atoms with van der Waals surface area (Å²) < 4.78 is 5.10. The quantitative estimate of drug-likeness (QED) is 0.446. The van der Waals surface area contributed by atoms with E-state index in [2.05, 4.69) is 9.88 Å². The fourth-order valence-corrected chi connectivity index (χ4v) is 3.20. The minimum atomic E-state index is -0.429. The number of hydrogen-bond donors (Lipinski definition) is 3. The third-order valence-corrected chi connectivity index (χ3v) is 4.61. The summed E-state index contributed by atoms with van der Waals surface area (Å²) in [6.45, 7) is 3.58. The number of pyridine rings is 1. The molecule has 1 aliphatic heterocycles. The zero-order valence-electron chi connectivity index (χ0n) is 14.2. The van der Waals surface area contributed by atoms with E-state index in [0.29, 0.717) is 16.5 Å². The van der Waals surface area contributed by atoms with Gasteiger partial charge in [-0.3, -0.25) is 10.4 Å². The summed E-state index contributed by atoms with van der Waals surface area (Å²) in [6.07, 6.45) is 3.33. The normalized spacial score (nSPS) is 15.3. The molecule has 2 heterocycles. The van der Waals surface area contributed by atoms with Crippen LogP contribution in [0.25, 0.3) is 10.9 Å². The van der Waals surface area contributed by atoms with Gasteiger partial charge in [-0.05, 0) is 38.0 Å². The monoisotopic (exact) mass is 342 g/mol. The zero-order chi connectivity index (χ0) is 18.0. The SMILES string of the molecule is CCOC(=O)c1ccc(O)c2ncc(N3CCC(C(=N)N)CC3)cc12. The van der Waals surface area contributed by atoms with E-state index in [1.54, 1.807) is 19.2 Å². The van der Waals surface area contributed by atoms with Crippen LogP contribution in [-0.2, 0) is 4.74 Å². The molecule has 25 heavy (non-hydrogen) atoms. The number of esters is 1. The summed E-state index contributed by atoms with van der Waals surface area (Å²) in [5.74, 6) is -0.0266. The second-order valence-corrected chi connectivity index (χ2v) is 6.16. The Morgan fingerprint density at radius 3 is 2.80 bits per heavy atom. The first-order valence-electron chi connectivity index (χ1n) is 8.39. The van der Waals surface area contributed by atoms with Crippen molar-refractivity contribution in [3.8, 4) is 5.75 Å². The molecule has 0 radical (unpaired) electrons. The number of carbonyl (C=O) groups excluding carboxylic acids is 1. The molecule has 7 heteroatoms. The molecule has 1 aromatic heterocycles. The number of rotatable bonds is 4. The molecule has 0 bridgehead atoms. The lowest BCUT2D eigenvalue weighted by Crippen LogP contribution is -2.38. The number of phenolic OH excluding ortho intramolecular Hbond substituents is 1. The van der Waals surface area contributed by atoms with Gasteiger partial charge in [0.25, 0.3) is 0 Å². The number of aromatic hydroxyl groups is 1. The number of phenols is 1. The van der Waals surface area contributed by atoms with Gasteiger partial charge in [0.1, 0.15) is 11.3 Å². The van der Waals surface area contributed by atoms with Gasteiger partial charge in [-0.15, -0.1) is 0 Å². The number of fused-ring (bicyclic) bond motifs is 1. The molecular formula is C18H22N4O3. The Bertz CT molecular complexity index is 813. The van der Waals surface area contributed by atoms with Crippen molar-refractivity contribution in [3.05, 3.63) is 30.0 Å². The lowest BCUT2D eigenvalue weighted by molar-refractivity contribution is 0.0528. The minimum Gasteiger partial charge on any atom is -0.506 e. The third-order valence-electron chi connectivity index (χ3n) is 4.61. The fourth-order valence-electron chi connectivity index (χ4n) is 3.20. The number of benzene rings is 1. The third kappa shape index (κ3) is 3.35. The van der Waals surface area contributed by atoms with Crippen molar-refractivity contribution in [1.29, 1.82) is 5.41 Å². The Morgan fingerprint density at radius 1 is 1.44 bits per heavy atom. The molecule has 1 aliphatic rings. The number of ether oxygens (including phenoxy) is 1. The summed E-state index contributed by atoms with van der Waals surface area (Å²) in [5.41, 5.74) is 7.25. The van der Waals surface area contributed by atoms with E-state index in [9.17, 15) is 9.90 Å². The van der Waals surface area contributed by atoms with Crippen molar-refractivity contribution in [2.24, 2.45) is 11.7 Å². The largest absolute Gasteiger partial charge is 0.506 e. The highest BCUT2D eigenvalue weighted by molar-refractivity contribution is 6.05. The van der Waals surface area contributed by atoms with Crippen LogP contribution in [0, 0.1) is 11.3 Å². The van der Waals surface area contributed by atoms with Gasteiger partial charge in [-0.2, -0.15) is 0 Å². The highest BCUT2D eigenvalue weighted by Crippen LogP contribution is 2.31. The summed E-state index contributed by atoms with van der Waals surface area (Å²) >= 11 is 0. The van der Waals surface area contributed by atoms with Crippen LogP contribution in [0.2, 0.25) is 0 Å². The van der Waals surface area contributed by atoms with Crippen molar-refractivity contribution < 1.29 is 14.6 Å². The molecule has 3 rings (SSSR count). The zero-order valence-corrected chi connectivity index (χ0v) is 14.2. The summed E-state index contributed by atoms with van der Waals surface area (Å²) in [7, 11) is 0. The van der Waals surface area contributed by atoms with E-state index in [-0.39, 0.29) is 24.1 Å². The summed E-state index contributed by atoms with van der Waals surface area (Å²) in [5, 5.41) is 18.2. The van der Waals surface area contributed by atoms with E-state index >= 15 is 0 Å². The highest BCUT2D eigenvalue weighted by atomic mass is 16.5. The van der Waals surface area contributed by atoms with Gasteiger partial charge in [0.05, 0.1) is 29.9 Å². The van der Waals surface area contributed by atoms with Crippen molar-refractivity contribution >= 4 is 28.4 Å². The van der Waals surface area contributed by atoms with Crippen molar-refractivity contribution in [3.63, 3.8) is 0 Å². The maximum atomic E-state index is 12.2. The second-order valence-electron chi connectivity index (χ2n) is 6.16. The van der Waals surface area contributed by atoms with Gasteiger partial charge in [-0.1, -0.05) is 0 Å². The molecule has 2 aromatic rings. The fraction of sp³-hybridized carbons (Fsp3) is 0.389. The van der Waals surface area contributed by atoms with E-state index in [0.717, 1.165) is 31.6 Å². The number of hydrogen-bond acceptors (Lipinski definition) is 6. The van der Waals surface area contributed by atoms with Crippen molar-refractivity contribution in [2.45, 2.75) is 19.8 Å². The average molecular weight is 342 g/mol. The minimum absolute atomic E-state index is 0.0323. The Balaban J connectivity index is 1.95. The van der Waals surface area contributed by atoms with Crippen molar-refractivity contribution in [2.75, 3.05) is 24.6 Å². The van der Waals surface area contributed by atoms with Gasteiger partial charge in [0, 0.05) is 24.4 Å². The van der Waals surface area contributed by atoms with E-state index in [1.807, 2.05) is 6.07 Å². The molecule has 0 unspecified atom stereocenters. The number of nitrogens with zero attached hydrogens (tertiary/aromatic N) is 2. The molecule has 7 nitrogen and oxygen atoms in total. The molecule has 0 amide bonds. The number of nitrogens with one attached hydrogen (secondary N) is 1. The van der Waals surface area contributed by atoms with Crippen LogP contribution in [-0.4, -0.2) is 41.6 Å². The molecule has 0 atom stereocenters. The van der Waals surface area contributed by atoms with Crippen molar-refractivity contribution in [1.82, 2.24) is 4.98 Å². The smallest absolute Gasteiger partial charge is 0.338 e. The number of amidine groups is 1. The maximum absolute atomic E-state index is 12.2. The number of nitrogens with two attached hydrogens (primary N) is 1. The van der Waals surface area contributed by atoms with Crippen LogP contribution in [0.15, 0.2) is 24.4 Å². The number of anilines is 1. The summed E-state index contributed by atoms with van der Waals surface area (Å²) in [6, 6.07) is 4.88. The standard InChI is InChI=1S/C18H22N4O3/c1-2-25-18(24)13-3-4-15(23)16-14(13)9-12(10-21-16)22-7-5-11(6-8-22)17(19)20/h3-4,9-11,23H,2,5-8H2,1H3,(H3,19,20). The number of piperidine rings is 1. The van der Waals surface area contributed by atoms with E-state index in [4.69, 9.17) is 15.9 Å². The van der Waals surface area contributed by atoms with Crippen LogP contribution in [0.4, 0.5) is 5.69 Å². The topological polar surface area (TPSA) is 113 Å². The van der Waals surface area contributed by atoms with Crippen LogP contribution >= 0.6 is 0 Å². The molecule has 1 aromatic carbocycles. The Kier molecular flexibility index (Phi) is 4.74. The van der Waals surface area contributed by atoms with E-state index < -0.39 is 5.97 Å². The lowest BCUT2D eigenvalue weighted by atomic mass is 9.95. The molecule has 0 saturated carbocycles. The predicted molar refractivity (Wildman–Crippen MR) is 96.2 cm³/mol. The van der Waals surface area contributed by atoms with Crippen LogP contribution in [0.3, 0.4) is 0 Å². The van der Waals surface area contributed by atoms with Gasteiger partial charge >= 0.3 is 5.97 Å². The molecule has 0 spiro atoms. The predicted octanol–water partition coefficient (Wildman–Crippen LogP) is 2.27. The number of carbonyl (C=O) groups is 1. The Hall–Kier alpha value is -2.83. The molecule has 1 saturated heterocycles. The first-order chi connectivity index (χ1) is 12.0. The number of aromatic nitrogens is 1. The summed E-state index contributed by atoms with van der Waals surface area (Å²) in [4.78, 5) is 18.7. The van der Waals surface area contributed by atoms with Crippen LogP contribution in [0.1, 0.15) is 30.1 Å². The van der Waals surface area contributed by atoms with Crippen LogP contribution < -0.4 is 10.6 Å². The second kappa shape index (κ2) is 6.96. The highest BCUT2D eigenvalue weighted by Gasteiger charge is 2.22. The molecule has 132 valence electrons. The van der Waals surface area contributed by atoms with Gasteiger partial charge in [0.15, 0.2) is 0 Å². The molecule has 4 N–H and O–H groups in total. The van der Waals surface area contributed by atoms with Gasteiger partial charge in [0.2, 0.25) is 0 Å². The molecule has 0 aliphatic carbocycles. The average Bonchev–Trinajstić information content (AvgIpc) is 2.62. The van der Waals surface area contributed by atoms with Gasteiger partial charge in [-0.25, -0.2) is 4.79 Å². The maximum Gasteiger partial charge on any atom is 0.338 e. The first-order valence-corrected chi connectivity index (χ1v) is 8.39. The van der Waals surface area contributed by atoms with Gasteiger partial charge < -0.3 is 20.5 Å². The lowest BCUT2D eigenvalue weighted by Gasteiger charge is -2.33.